The van der Waals surface area contributed by atoms with E-state index in [0.717, 1.165) is 0 Å². The minimum atomic E-state index is -0.321. The van der Waals surface area contributed by atoms with Crippen LogP contribution >= 0.6 is 0 Å². The smallest absolute Gasteiger partial charge is 0.271 e. The van der Waals surface area contributed by atoms with E-state index in [1.165, 1.54) is 6.07 Å². The zero-order chi connectivity index (χ0) is 13.1. The van der Waals surface area contributed by atoms with Crippen LogP contribution in [0.1, 0.15) is 31.3 Å². The van der Waals surface area contributed by atoms with Crippen LogP contribution in [0.25, 0.3) is 0 Å². The van der Waals surface area contributed by atoms with Gasteiger partial charge in [0.1, 0.15) is 5.69 Å². The molecule has 0 saturated heterocycles. The predicted molar refractivity (Wildman–Crippen MR) is 68.0 cm³/mol. The SMILES string of the molecule is C=CCN(C(=O)c1cccc(=O)[nH]1)C(C)(C)C. The second-order valence-electron chi connectivity index (χ2n) is 4.80. The van der Waals surface area contributed by atoms with Gasteiger partial charge in [0, 0.05) is 18.2 Å². The van der Waals surface area contributed by atoms with E-state index >= 15 is 0 Å². The molecule has 0 saturated carbocycles. The van der Waals surface area contributed by atoms with E-state index in [2.05, 4.69) is 11.6 Å². The summed E-state index contributed by atoms with van der Waals surface area (Å²) in [6.07, 6.45) is 1.67. The van der Waals surface area contributed by atoms with Crippen LogP contribution in [-0.2, 0) is 0 Å². The van der Waals surface area contributed by atoms with Gasteiger partial charge in [0.05, 0.1) is 0 Å². The van der Waals surface area contributed by atoms with Gasteiger partial charge in [-0.05, 0) is 26.8 Å². The molecule has 92 valence electrons. The maximum atomic E-state index is 12.2. The molecular weight excluding hydrogens is 216 g/mol. The molecule has 1 aromatic rings. The zero-order valence-electron chi connectivity index (χ0n) is 10.5. The number of hydrogen-bond donors (Lipinski definition) is 1. The number of amides is 1. The van der Waals surface area contributed by atoms with Gasteiger partial charge in [0.25, 0.3) is 5.91 Å². The number of H-pyrrole nitrogens is 1. The van der Waals surface area contributed by atoms with Crippen LogP contribution in [0, 0.1) is 0 Å². The number of pyridine rings is 1. The molecule has 0 unspecified atom stereocenters. The third kappa shape index (κ3) is 3.31. The highest BCUT2D eigenvalue weighted by Gasteiger charge is 2.26. The van der Waals surface area contributed by atoms with Crippen molar-refractivity contribution in [2.45, 2.75) is 26.3 Å². The van der Waals surface area contributed by atoms with E-state index in [9.17, 15) is 9.59 Å². The lowest BCUT2D eigenvalue weighted by atomic mass is 10.1. The molecule has 1 amide bonds. The fourth-order valence-corrected chi connectivity index (χ4v) is 1.51. The minimum Gasteiger partial charge on any atom is -0.329 e. The van der Waals surface area contributed by atoms with Crippen LogP contribution in [0.4, 0.5) is 0 Å². The standard InChI is InChI=1S/C13H18N2O2/c1-5-9-15(13(2,3)4)12(17)10-7-6-8-11(16)14-10/h5-8H,1,9H2,2-4H3,(H,14,16). The van der Waals surface area contributed by atoms with Crippen LogP contribution in [0.3, 0.4) is 0 Å². The Labute approximate surface area is 101 Å². The number of nitrogens with zero attached hydrogens (tertiary/aromatic N) is 1. The van der Waals surface area contributed by atoms with Crippen LogP contribution in [-0.4, -0.2) is 27.9 Å². The topological polar surface area (TPSA) is 53.2 Å². The van der Waals surface area contributed by atoms with Crippen molar-refractivity contribution in [1.29, 1.82) is 0 Å². The third-order valence-corrected chi connectivity index (χ3v) is 2.37. The number of hydrogen-bond acceptors (Lipinski definition) is 2. The van der Waals surface area contributed by atoms with E-state index in [0.29, 0.717) is 12.2 Å². The largest absolute Gasteiger partial charge is 0.329 e. The van der Waals surface area contributed by atoms with Gasteiger partial charge in [-0.2, -0.15) is 0 Å². The zero-order valence-corrected chi connectivity index (χ0v) is 10.5. The second kappa shape index (κ2) is 4.99. The summed E-state index contributed by atoms with van der Waals surface area (Å²) in [4.78, 5) is 27.6. The summed E-state index contributed by atoms with van der Waals surface area (Å²) in [5.74, 6) is -0.199. The van der Waals surface area contributed by atoms with E-state index in [1.807, 2.05) is 20.8 Å². The molecule has 1 aromatic heterocycles. The van der Waals surface area contributed by atoms with Crippen LogP contribution in [0.2, 0.25) is 0 Å². The summed E-state index contributed by atoms with van der Waals surface area (Å²) in [6.45, 7) is 9.91. The highest BCUT2D eigenvalue weighted by atomic mass is 16.2. The summed E-state index contributed by atoms with van der Waals surface area (Å²) in [6, 6.07) is 4.55. The molecule has 0 aromatic carbocycles. The first-order valence-electron chi connectivity index (χ1n) is 5.48. The number of rotatable bonds is 3. The number of aromatic amines is 1. The average molecular weight is 234 g/mol. The van der Waals surface area contributed by atoms with Crippen molar-refractivity contribution in [2.75, 3.05) is 6.54 Å². The minimum absolute atomic E-state index is 0.199. The predicted octanol–water partition coefficient (Wildman–Crippen LogP) is 1.80. The number of carbonyl (C=O) groups excluding carboxylic acids is 1. The Morgan fingerprint density at radius 1 is 1.47 bits per heavy atom. The first-order chi connectivity index (χ1) is 7.86. The van der Waals surface area contributed by atoms with Crippen LogP contribution in [0.15, 0.2) is 35.6 Å². The Morgan fingerprint density at radius 3 is 2.59 bits per heavy atom. The van der Waals surface area contributed by atoms with Crippen LogP contribution in [0.5, 0.6) is 0 Å². The third-order valence-electron chi connectivity index (χ3n) is 2.37. The Hall–Kier alpha value is -1.84. The molecule has 0 radical (unpaired) electrons. The summed E-state index contributed by atoms with van der Waals surface area (Å²) < 4.78 is 0. The maximum absolute atomic E-state index is 12.2. The fraction of sp³-hybridized carbons (Fsp3) is 0.385. The molecule has 0 aliphatic rings. The summed E-state index contributed by atoms with van der Waals surface area (Å²) in [5.41, 5.74) is -0.296. The lowest BCUT2D eigenvalue weighted by Gasteiger charge is -2.34. The van der Waals surface area contributed by atoms with Gasteiger partial charge in [-0.3, -0.25) is 9.59 Å². The highest BCUT2D eigenvalue weighted by Crippen LogP contribution is 2.15. The van der Waals surface area contributed by atoms with Gasteiger partial charge in [-0.25, -0.2) is 0 Å². The van der Waals surface area contributed by atoms with Gasteiger partial charge >= 0.3 is 0 Å². The van der Waals surface area contributed by atoms with Crippen molar-refractivity contribution in [3.8, 4) is 0 Å². The molecular formula is C13H18N2O2. The van der Waals surface area contributed by atoms with Crippen molar-refractivity contribution in [3.63, 3.8) is 0 Å². The molecule has 17 heavy (non-hydrogen) atoms. The molecule has 0 aliphatic heterocycles. The van der Waals surface area contributed by atoms with Crippen molar-refractivity contribution >= 4 is 5.91 Å². The van der Waals surface area contributed by atoms with E-state index < -0.39 is 0 Å². The van der Waals surface area contributed by atoms with Gasteiger partial charge < -0.3 is 9.88 Å². The summed E-state index contributed by atoms with van der Waals surface area (Å²) in [7, 11) is 0. The Kier molecular flexibility index (Phi) is 3.89. The normalized spacial score (nSPS) is 11.0. The summed E-state index contributed by atoms with van der Waals surface area (Å²) in [5, 5.41) is 0. The second-order valence-corrected chi connectivity index (χ2v) is 4.80. The quantitative estimate of drug-likeness (QED) is 0.811. The molecule has 0 fully saturated rings. The van der Waals surface area contributed by atoms with E-state index in [-0.39, 0.29) is 17.0 Å². The lowest BCUT2D eigenvalue weighted by molar-refractivity contribution is 0.0610. The van der Waals surface area contributed by atoms with Crippen molar-refractivity contribution < 1.29 is 4.79 Å². The van der Waals surface area contributed by atoms with Crippen LogP contribution < -0.4 is 5.56 Å². The molecule has 0 spiro atoms. The molecule has 0 atom stereocenters. The van der Waals surface area contributed by atoms with Gasteiger partial charge in [-0.15, -0.1) is 6.58 Å². The lowest BCUT2D eigenvalue weighted by Crippen LogP contribution is -2.46. The molecule has 1 rings (SSSR count). The highest BCUT2D eigenvalue weighted by molar-refractivity contribution is 5.92. The molecule has 1 heterocycles. The van der Waals surface area contributed by atoms with E-state index in [1.54, 1.807) is 23.1 Å². The van der Waals surface area contributed by atoms with E-state index in [4.69, 9.17) is 0 Å². The van der Waals surface area contributed by atoms with Gasteiger partial charge in [0.2, 0.25) is 5.56 Å². The first kappa shape index (κ1) is 13.2. The van der Waals surface area contributed by atoms with Gasteiger partial charge in [-0.1, -0.05) is 12.1 Å². The first-order valence-corrected chi connectivity index (χ1v) is 5.48. The molecule has 4 heteroatoms. The number of nitrogens with one attached hydrogen (secondary N) is 1. The summed E-state index contributed by atoms with van der Waals surface area (Å²) >= 11 is 0. The van der Waals surface area contributed by atoms with Gasteiger partial charge in [0.15, 0.2) is 0 Å². The number of carbonyl (C=O) groups is 1. The van der Waals surface area contributed by atoms with Crippen molar-refractivity contribution in [2.24, 2.45) is 0 Å². The molecule has 4 nitrogen and oxygen atoms in total. The molecule has 1 N–H and O–H groups in total. The maximum Gasteiger partial charge on any atom is 0.271 e. The molecule has 0 bridgehead atoms. The Bertz CT molecular complexity index is 469. The van der Waals surface area contributed by atoms with Crippen molar-refractivity contribution in [3.05, 3.63) is 46.9 Å². The average Bonchev–Trinajstić information content (AvgIpc) is 2.23. The molecule has 0 aliphatic carbocycles. The fourth-order valence-electron chi connectivity index (χ4n) is 1.51. The van der Waals surface area contributed by atoms with Crippen molar-refractivity contribution in [1.82, 2.24) is 9.88 Å². The Morgan fingerprint density at radius 2 is 2.12 bits per heavy atom. The number of aromatic nitrogens is 1. The Balaban J connectivity index is 3.08. The monoisotopic (exact) mass is 234 g/mol.